The van der Waals surface area contributed by atoms with Crippen LogP contribution in [-0.2, 0) is 19.1 Å². The number of ether oxygens (including phenoxy) is 2. The van der Waals surface area contributed by atoms with E-state index >= 15 is 0 Å². The highest BCUT2D eigenvalue weighted by atomic mass is 16.6. The van der Waals surface area contributed by atoms with Crippen molar-refractivity contribution in [2.24, 2.45) is 0 Å². The zero-order valence-electron chi connectivity index (χ0n) is 7.96. The van der Waals surface area contributed by atoms with Gasteiger partial charge in [-0.25, -0.2) is 9.59 Å². The third-order valence-electron chi connectivity index (χ3n) is 1.04. The Kier molecular flexibility index (Phi) is 7.96. The molecule has 0 bridgehead atoms. The Morgan fingerprint density at radius 2 is 1.38 bits per heavy atom. The molecule has 0 radical (unpaired) electrons. The van der Waals surface area contributed by atoms with E-state index in [4.69, 9.17) is 0 Å². The quantitative estimate of drug-likeness (QED) is 0.306. The summed E-state index contributed by atoms with van der Waals surface area (Å²) in [4.78, 5) is 21.7. The molecule has 0 aliphatic heterocycles. The van der Waals surface area contributed by atoms with Gasteiger partial charge in [0.05, 0.1) is 13.2 Å². The van der Waals surface area contributed by atoms with Gasteiger partial charge in [-0.1, -0.05) is 6.58 Å². The predicted molar refractivity (Wildman–Crippen MR) is 47.4 cm³/mol. The van der Waals surface area contributed by atoms with Gasteiger partial charge in [0.2, 0.25) is 0 Å². The van der Waals surface area contributed by atoms with Crippen LogP contribution in [0.25, 0.3) is 0 Å². The maximum Gasteiger partial charge on any atom is 0.344 e. The van der Waals surface area contributed by atoms with Gasteiger partial charge in [0.25, 0.3) is 0 Å². The first-order chi connectivity index (χ1) is 5.63. The Labute approximate surface area is 77.3 Å². The second-order valence-corrected chi connectivity index (χ2v) is 1.92. The molecule has 5 nitrogen and oxygen atoms in total. The van der Waals surface area contributed by atoms with Gasteiger partial charge in [-0.15, -0.1) is 0 Å². The van der Waals surface area contributed by atoms with E-state index in [0.29, 0.717) is 0 Å². The van der Waals surface area contributed by atoms with E-state index in [1.807, 2.05) is 0 Å². The topological polar surface area (TPSA) is 87.6 Å². The Morgan fingerprint density at radius 3 is 1.62 bits per heavy atom. The maximum atomic E-state index is 10.8. The summed E-state index contributed by atoms with van der Waals surface area (Å²) in [5, 5.41) is 0. The summed E-state index contributed by atoms with van der Waals surface area (Å²) in [7, 11) is 0. The molecule has 0 unspecified atom stereocenters. The Morgan fingerprint density at radius 1 is 1.08 bits per heavy atom. The van der Waals surface area contributed by atoms with Gasteiger partial charge in [-0.05, 0) is 13.8 Å². The fourth-order valence-corrected chi connectivity index (χ4v) is 0.520. The SMILES string of the molecule is C=C(C(=O)OCC)C(=O)OCC.N. The van der Waals surface area contributed by atoms with Crippen LogP contribution in [0.1, 0.15) is 13.8 Å². The van der Waals surface area contributed by atoms with Crippen molar-refractivity contribution in [2.75, 3.05) is 13.2 Å². The number of hydrogen-bond donors (Lipinski definition) is 1. The van der Waals surface area contributed by atoms with E-state index in [2.05, 4.69) is 16.1 Å². The van der Waals surface area contributed by atoms with E-state index < -0.39 is 11.9 Å². The molecule has 0 saturated heterocycles. The summed E-state index contributed by atoms with van der Waals surface area (Å²) in [5.74, 6) is -1.45. The molecule has 0 saturated carbocycles. The number of esters is 2. The van der Waals surface area contributed by atoms with Crippen LogP contribution >= 0.6 is 0 Å². The molecule has 0 aromatic carbocycles. The van der Waals surface area contributed by atoms with Crippen molar-refractivity contribution in [3.8, 4) is 0 Å². The Bertz CT molecular complexity index is 180. The smallest absolute Gasteiger partial charge is 0.344 e. The van der Waals surface area contributed by atoms with Gasteiger partial charge >= 0.3 is 11.9 Å². The fourth-order valence-electron chi connectivity index (χ4n) is 0.520. The molecule has 0 spiro atoms. The molecule has 0 heterocycles. The lowest BCUT2D eigenvalue weighted by molar-refractivity contribution is -0.146. The molecular weight excluding hydrogens is 174 g/mol. The summed E-state index contributed by atoms with van der Waals surface area (Å²) in [6, 6.07) is 0. The molecule has 13 heavy (non-hydrogen) atoms. The fraction of sp³-hybridized carbons (Fsp3) is 0.500. The lowest BCUT2D eigenvalue weighted by Crippen LogP contribution is -2.17. The zero-order valence-corrected chi connectivity index (χ0v) is 7.96. The van der Waals surface area contributed by atoms with Crippen molar-refractivity contribution >= 4 is 11.9 Å². The average Bonchev–Trinajstić information content (AvgIpc) is 2.04. The summed E-state index contributed by atoms with van der Waals surface area (Å²) in [6.45, 7) is 6.98. The van der Waals surface area contributed by atoms with Crippen LogP contribution in [0.15, 0.2) is 12.2 Å². The van der Waals surface area contributed by atoms with Crippen LogP contribution in [0.4, 0.5) is 0 Å². The highest BCUT2D eigenvalue weighted by Crippen LogP contribution is 1.97. The zero-order chi connectivity index (χ0) is 9.56. The molecule has 5 heteroatoms. The number of rotatable bonds is 4. The molecule has 0 aromatic rings. The van der Waals surface area contributed by atoms with E-state index in [0.717, 1.165) is 0 Å². The average molecular weight is 189 g/mol. The number of carbonyl (C=O) groups excluding carboxylic acids is 2. The minimum Gasteiger partial charge on any atom is -0.462 e. The van der Waals surface area contributed by atoms with E-state index in [1.54, 1.807) is 13.8 Å². The summed E-state index contributed by atoms with van der Waals surface area (Å²) in [5.41, 5.74) is -0.265. The number of carbonyl (C=O) groups is 2. The van der Waals surface area contributed by atoms with Crippen LogP contribution in [0.3, 0.4) is 0 Å². The van der Waals surface area contributed by atoms with E-state index in [-0.39, 0.29) is 24.9 Å². The van der Waals surface area contributed by atoms with Crippen LogP contribution in [0, 0.1) is 0 Å². The standard InChI is InChI=1S/C8H12O4.H3N/c1-4-11-7(9)6(3)8(10)12-5-2;/h3-5H2,1-2H3;1H3. The monoisotopic (exact) mass is 189 g/mol. The van der Waals surface area contributed by atoms with Crippen LogP contribution in [0.5, 0.6) is 0 Å². The second kappa shape index (κ2) is 7.30. The van der Waals surface area contributed by atoms with Gasteiger partial charge in [0, 0.05) is 0 Å². The molecule has 3 N–H and O–H groups in total. The maximum absolute atomic E-state index is 10.8. The van der Waals surface area contributed by atoms with Gasteiger partial charge in [0.15, 0.2) is 0 Å². The van der Waals surface area contributed by atoms with Crippen molar-refractivity contribution in [3.63, 3.8) is 0 Å². The van der Waals surface area contributed by atoms with Crippen molar-refractivity contribution in [1.82, 2.24) is 6.15 Å². The lowest BCUT2D eigenvalue weighted by atomic mass is 10.3. The summed E-state index contributed by atoms with van der Waals surface area (Å²) < 4.78 is 9.06. The molecule has 0 aromatic heterocycles. The molecular formula is C8H15NO4. The third-order valence-corrected chi connectivity index (χ3v) is 1.04. The molecule has 0 amide bonds. The molecule has 0 fully saturated rings. The summed E-state index contributed by atoms with van der Waals surface area (Å²) in [6.07, 6.45) is 0. The summed E-state index contributed by atoms with van der Waals surface area (Å²) >= 11 is 0. The van der Waals surface area contributed by atoms with Gasteiger partial charge in [-0.2, -0.15) is 0 Å². The molecule has 76 valence electrons. The lowest BCUT2D eigenvalue weighted by Gasteiger charge is -2.03. The largest absolute Gasteiger partial charge is 0.462 e. The third kappa shape index (κ3) is 4.97. The minimum atomic E-state index is -0.726. The molecule has 0 aliphatic carbocycles. The van der Waals surface area contributed by atoms with Crippen LogP contribution in [-0.4, -0.2) is 25.2 Å². The Balaban J connectivity index is 0. The van der Waals surface area contributed by atoms with Crippen molar-refractivity contribution in [1.29, 1.82) is 0 Å². The highest BCUT2D eigenvalue weighted by Gasteiger charge is 2.17. The van der Waals surface area contributed by atoms with E-state index in [1.165, 1.54) is 0 Å². The second-order valence-electron chi connectivity index (χ2n) is 1.92. The van der Waals surface area contributed by atoms with Gasteiger partial charge in [-0.3, -0.25) is 0 Å². The van der Waals surface area contributed by atoms with Crippen molar-refractivity contribution < 1.29 is 19.1 Å². The highest BCUT2D eigenvalue weighted by molar-refractivity contribution is 6.13. The molecule has 0 atom stereocenters. The first kappa shape index (κ1) is 14.2. The Hall–Kier alpha value is -1.36. The minimum absolute atomic E-state index is 0. The first-order valence-electron chi connectivity index (χ1n) is 3.66. The molecule has 0 rings (SSSR count). The normalized spacial score (nSPS) is 8.15. The molecule has 0 aliphatic rings. The number of hydrogen-bond acceptors (Lipinski definition) is 5. The van der Waals surface area contributed by atoms with Gasteiger partial charge in [0.1, 0.15) is 5.57 Å². The first-order valence-corrected chi connectivity index (χ1v) is 3.66. The van der Waals surface area contributed by atoms with Crippen molar-refractivity contribution in [3.05, 3.63) is 12.2 Å². The van der Waals surface area contributed by atoms with Crippen LogP contribution in [0.2, 0.25) is 0 Å². The predicted octanol–water partition coefficient (Wildman–Crippen LogP) is 0.831. The van der Waals surface area contributed by atoms with E-state index in [9.17, 15) is 9.59 Å². The van der Waals surface area contributed by atoms with Crippen LogP contribution < -0.4 is 6.15 Å². The van der Waals surface area contributed by atoms with Gasteiger partial charge < -0.3 is 15.6 Å². The van der Waals surface area contributed by atoms with Crippen molar-refractivity contribution in [2.45, 2.75) is 13.8 Å².